The zero-order valence-corrected chi connectivity index (χ0v) is 7.82. The summed E-state index contributed by atoms with van der Waals surface area (Å²) in [5.74, 6) is 0. The normalized spacial score (nSPS) is 21.8. The van der Waals surface area contributed by atoms with Crippen LogP contribution in [0.3, 0.4) is 0 Å². The van der Waals surface area contributed by atoms with Gasteiger partial charge < -0.3 is 5.32 Å². The van der Waals surface area contributed by atoms with Crippen molar-refractivity contribution in [2.45, 2.75) is 26.2 Å². The van der Waals surface area contributed by atoms with Gasteiger partial charge in [0.25, 0.3) is 0 Å². The lowest BCUT2D eigenvalue weighted by Gasteiger charge is -2.07. The predicted octanol–water partition coefficient (Wildman–Crippen LogP) is 2.78. The van der Waals surface area contributed by atoms with Gasteiger partial charge in [-0.25, -0.2) is 0 Å². The van der Waals surface area contributed by atoms with Gasteiger partial charge >= 0.3 is 0 Å². The molecule has 0 aromatic heterocycles. The van der Waals surface area contributed by atoms with Gasteiger partial charge in [0.1, 0.15) is 0 Å². The minimum atomic E-state index is 1.06. The molecule has 0 bridgehead atoms. The molecule has 0 saturated carbocycles. The fourth-order valence-electron chi connectivity index (χ4n) is 1.40. The molecule has 12 heavy (non-hydrogen) atoms. The van der Waals surface area contributed by atoms with Crippen molar-refractivity contribution in [3.05, 3.63) is 36.1 Å². The van der Waals surface area contributed by atoms with Gasteiger partial charge in [-0.3, -0.25) is 0 Å². The van der Waals surface area contributed by atoms with E-state index in [1.165, 1.54) is 18.4 Å². The first-order valence-electron chi connectivity index (χ1n) is 4.49. The minimum absolute atomic E-state index is 1.06. The predicted molar refractivity (Wildman–Crippen MR) is 53.9 cm³/mol. The summed E-state index contributed by atoms with van der Waals surface area (Å²) in [7, 11) is 0. The fourth-order valence-corrected chi connectivity index (χ4v) is 1.40. The second-order valence-electron chi connectivity index (χ2n) is 3.38. The molecule has 66 valence electrons. The second-order valence-corrected chi connectivity index (χ2v) is 3.38. The van der Waals surface area contributed by atoms with Crippen LogP contribution < -0.4 is 5.32 Å². The van der Waals surface area contributed by atoms with Crippen LogP contribution >= 0.6 is 0 Å². The highest BCUT2D eigenvalue weighted by molar-refractivity contribution is 5.33. The van der Waals surface area contributed by atoms with E-state index in [2.05, 4.69) is 24.6 Å². The largest absolute Gasteiger partial charge is 0.385 e. The molecule has 1 fully saturated rings. The topological polar surface area (TPSA) is 12.0 Å². The summed E-state index contributed by atoms with van der Waals surface area (Å²) >= 11 is 0. The van der Waals surface area contributed by atoms with Crippen molar-refractivity contribution in [1.82, 2.24) is 5.32 Å². The van der Waals surface area contributed by atoms with Crippen LogP contribution in [0.1, 0.15) is 26.2 Å². The molecule has 0 aromatic carbocycles. The Labute approximate surface area is 74.9 Å². The summed E-state index contributed by atoms with van der Waals surface area (Å²) < 4.78 is 0. The molecule has 0 aliphatic carbocycles. The van der Waals surface area contributed by atoms with Gasteiger partial charge in [-0.2, -0.15) is 0 Å². The SMILES string of the molecule is C=C(C)/C=C1/CCCCNC1=C. The maximum atomic E-state index is 3.99. The summed E-state index contributed by atoms with van der Waals surface area (Å²) in [6.45, 7) is 10.9. The third-order valence-corrected chi connectivity index (χ3v) is 2.02. The van der Waals surface area contributed by atoms with Crippen LogP contribution in [-0.2, 0) is 0 Å². The van der Waals surface area contributed by atoms with E-state index in [4.69, 9.17) is 0 Å². The molecule has 0 aromatic rings. The van der Waals surface area contributed by atoms with Crippen LogP contribution in [-0.4, -0.2) is 6.54 Å². The van der Waals surface area contributed by atoms with E-state index in [1.807, 2.05) is 6.92 Å². The molecule has 1 saturated heterocycles. The molecule has 0 unspecified atom stereocenters. The van der Waals surface area contributed by atoms with E-state index >= 15 is 0 Å². The van der Waals surface area contributed by atoms with E-state index in [-0.39, 0.29) is 0 Å². The molecule has 0 radical (unpaired) electrons. The summed E-state index contributed by atoms with van der Waals surface area (Å²) in [6, 6.07) is 0. The van der Waals surface area contributed by atoms with Crippen LogP contribution in [0, 0.1) is 0 Å². The molecule has 1 aliphatic heterocycles. The lowest BCUT2D eigenvalue weighted by atomic mass is 10.1. The van der Waals surface area contributed by atoms with E-state index in [0.29, 0.717) is 0 Å². The van der Waals surface area contributed by atoms with Gasteiger partial charge in [0, 0.05) is 12.2 Å². The quantitative estimate of drug-likeness (QED) is 0.626. The zero-order valence-electron chi connectivity index (χ0n) is 7.82. The minimum Gasteiger partial charge on any atom is -0.385 e. The van der Waals surface area contributed by atoms with E-state index < -0.39 is 0 Å². The van der Waals surface area contributed by atoms with Crippen LogP contribution in [0.2, 0.25) is 0 Å². The average Bonchev–Trinajstić information content (AvgIpc) is 2.16. The van der Waals surface area contributed by atoms with Crippen LogP contribution in [0.25, 0.3) is 0 Å². The van der Waals surface area contributed by atoms with E-state index in [1.54, 1.807) is 0 Å². The van der Waals surface area contributed by atoms with E-state index in [9.17, 15) is 0 Å². The van der Waals surface area contributed by atoms with Gasteiger partial charge in [0.05, 0.1) is 0 Å². The second kappa shape index (κ2) is 4.15. The molecule has 1 nitrogen and oxygen atoms in total. The first-order chi connectivity index (χ1) is 5.70. The van der Waals surface area contributed by atoms with Crippen LogP contribution in [0.4, 0.5) is 0 Å². The summed E-state index contributed by atoms with van der Waals surface area (Å²) in [6.07, 6.45) is 5.76. The van der Waals surface area contributed by atoms with Gasteiger partial charge in [-0.1, -0.05) is 24.8 Å². The first-order valence-corrected chi connectivity index (χ1v) is 4.49. The Morgan fingerprint density at radius 2 is 2.25 bits per heavy atom. The lowest BCUT2D eigenvalue weighted by molar-refractivity contribution is 0.732. The first kappa shape index (κ1) is 9.11. The standard InChI is InChI=1S/C11H17N/c1-9(2)8-11-6-4-5-7-12-10(11)3/h8,12H,1,3-7H2,2H3/b11-8-. The maximum Gasteiger partial charge on any atom is 0.0299 e. The summed E-state index contributed by atoms with van der Waals surface area (Å²) in [5.41, 5.74) is 3.50. The molecule has 0 amide bonds. The Kier molecular flexibility index (Phi) is 3.15. The molecular formula is C11H17N. The Bertz CT molecular complexity index is 223. The van der Waals surface area contributed by atoms with Crippen molar-refractivity contribution in [2.75, 3.05) is 6.54 Å². The van der Waals surface area contributed by atoms with Crippen molar-refractivity contribution in [2.24, 2.45) is 0 Å². The lowest BCUT2D eigenvalue weighted by Crippen LogP contribution is -2.11. The van der Waals surface area contributed by atoms with Crippen LogP contribution in [0.5, 0.6) is 0 Å². The maximum absolute atomic E-state index is 3.99. The van der Waals surface area contributed by atoms with Gasteiger partial charge in [-0.05, 0) is 31.8 Å². The molecule has 1 heterocycles. The Morgan fingerprint density at radius 3 is 2.92 bits per heavy atom. The van der Waals surface area contributed by atoms with Gasteiger partial charge in [-0.15, -0.1) is 0 Å². The molecule has 1 aliphatic rings. The highest BCUT2D eigenvalue weighted by Gasteiger charge is 2.06. The molecule has 1 rings (SSSR count). The smallest absolute Gasteiger partial charge is 0.0299 e. The third kappa shape index (κ3) is 2.57. The molecule has 0 atom stereocenters. The number of nitrogens with one attached hydrogen (secondary N) is 1. The van der Waals surface area contributed by atoms with E-state index in [0.717, 1.165) is 24.2 Å². The summed E-state index contributed by atoms with van der Waals surface area (Å²) in [4.78, 5) is 0. The number of hydrogen-bond donors (Lipinski definition) is 1. The Balaban J connectivity index is 2.71. The van der Waals surface area contributed by atoms with Crippen LogP contribution in [0.15, 0.2) is 36.1 Å². The van der Waals surface area contributed by atoms with Crippen molar-refractivity contribution >= 4 is 0 Å². The molecule has 0 spiro atoms. The van der Waals surface area contributed by atoms with Crippen molar-refractivity contribution in [1.29, 1.82) is 0 Å². The Morgan fingerprint density at radius 1 is 1.50 bits per heavy atom. The monoisotopic (exact) mass is 163 g/mol. The molecule has 1 heteroatoms. The van der Waals surface area contributed by atoms with Crippen molar-refractivity contribution in [3.63, 3.8) is 0 Å². The molecule has 1 N–H and O–H groups in total. The number of rotatable bonds is 1. The van der Waals surface area contributed by atoms with Gasteiger partial charge in [0.15, 0.2) is 0 Å². The third-order valence-electron chi connectivity index (χ3n) is 2.02. The fraction of sp³-hybridized carbons (Fsp3) is 0.455. The van der Waals surface area contributed by atoms with Gasteiger partial charge in [0.2, 0.25) is 0 Å². The summed E-state index contributed by atoms with van der Waals surface area (Å²) in [5, 5.41) is 3.30. The number of hydrogen-bond acceptors (Lipinski definition) is 1. The number of allylic oxidation sites excluding steroid dienone is 3. The average molecular weight is 163 g/mol. The highest BCUT2D eigenvalue weighted by Crippen LogP contribution is 2.18. The highest BCUT2D eigenvalue weighted by atomic mass is 14.9. The van der Waals surface area contributed by atoms with Crippen molar-refractivity contribution < 1.29 is 0 Å². The molecular weight excluding hydrogens is 146 g/mol. The van der Waals surface area contributed by atoms with Crippen molar-refractivity contribution in [3.8, 4) is 0 Å². The zero-order chi connectivity index (χ0) is 8.97. The Hall–Kier alpha value is -0.980.